The van der Waals surface area contributed by atoms with E-state index in [-0.39, 0.29) is 18.1 Å². The number of nitrogens with one attached hydrogen (secondary N) is 2. The third kappa shape index (κ3) is 2.76. The number of oxazole rings is 1. The molecule has 1 saturated carbocycles. The van der Waals surface area contributed by atoms with Gasteiger partial charge in [-0.2, -0.15) is 0 Å². The number of aromatic nitrogens is 1. The van der Waals surface area contributed by atoms with Crippen LogP contribution < -0.4 is 5.32 Å². The van der Waals surface area contributed by atoms with Gasteiger partial charge in [0.25, 0.3) is 10.7 Å². The highest BCUT2D eigenvalue weighted by Gasteiger charge is 2.21. The van der Waals surface area contributed by atoms with Gasteiger partial charge in [0.2, 0.25) is 0 Å². The molecule has 1 amide bonds. The summed E-state index contributed by atoms with van der Waals surface area (Å²) in [4.78, 5) is 15.4. The second kappa shape index (κ2) is 5.38. The predicted octanol–water partition coefficient (Wildman–Crippen LogP) is 2.52. The van der Waals surface area contributed by atoms with Crippen LogP contribution in [-0.2, 0) is 0 Å². The number of aliphatic hydroxyl groups excluding tert-OH is 1. The Morgan fingerprint density at radius 1 is 1.35 bits per heavy atom. The molecule has 0 aliphatic heterocycles. The number of fused-ring (bicyclic) bond motifs is 1. The van der Waals surface area contributed by atoms with Crippen LogP contribution in [0.3, 0.4) is 0 Å². The van der Waals surface area contributed by atoms with Gasteiger partial charge in [-0.1, -0.05) is 0 Å². The Bertz CT molecular complexity index is 683. The van der Waals surface area contributed by atoms with Crippen LogP contribution in [-0.4, -0.2) is 28.1 Å². The molecule has 0 atom stereocenters. The van der Waals surface area contributed by atoms with Crippen LogP contribution in [0.1, 0.15) is 36.0 Å². The van der Waals surface area contributed by atoms with Gasteiger partial charge in [-0.15, -0.1) is 0 Å². The first-order chi connectivity index (χ1) is 9.61. The zero-order valence-corrected chi connectivity index (χ0v) is 11.7. The minimum atomic E-state index is -0.219. The van der Waals surface area contributed by atoms with E-state index in [1.807, 2.05) is 0 Å². The highest BCUT2D eigenvalue weighted by Crippen LogP contribution is 2.20. The number of aliphatic hydroxyl groups is 1. The molecule has 6 heteroatoms. The molecule has 1 aliphatic carbocycles. The number of aromatic amines is 1. The molecule has 1 heterocycles. The summed E-state index contributed by atoms with van der Waals surface area (Å²) in [5.41, 5.74) is 1.93. The van der Waals surface area contributed by atoms with Crippen molar-refractivity contribution < 1.29 is 14.3 Å². The van der Waals surface area contributed by atoms with E-state index in [0.29, 0.717) is 16.0 Å². The van der Waals surface area contributed by atoms with Gasteiger partial charge in [0.05, 0.1) is 11.6 Å². The lowest BCUT2D eigenvalue weighted by Crippen LogP contribution is -2.38. The molecule has 1 aromatic heterocycles. The van der Waals surface area contributed by atoms with Crippen molar-refractivity contribution in [3.63, 3.8) is 0 Å². The van der Waals surface area contributed by atoms with Crippen LogP contribution in [0.4, 0.5) is 0 Å². The number of hydrogen-bond acceptors (Lipinski definition) is 4. The molecule has 1 aromatic carbocycles. The standard InChI is InChI=1S/C14H16N2O3S/c17-10-4-2-9(3-5-10)15-13(18)8-1-6-11-12(7-8)19-14(20)16-11/h1,6-7,9-10,17H,2-5H2,(H,15,18)(H,16,20). The summed E-state index contributed by atoms with van der Waals surface area (Å²) in [6, 6.07) is 5.36. The molecule has 1 aliphatic rings. The van der Waals surface area contributed by atoms with Crippen molar-refractivity contribution in [2.75, 3.05) is 0 Å². The number of rotatable bonds is 2. The van der Waals surface area contributed by atoms with E-state index in [1.54, 1.807) is 18.2 Å². The molecule has 0 saturated heterocycles. The first-order valence-electron chi connectivity index (χ1n) is 6.73. The number of carbonyl (C=O) groups is 1. The van der Waals surface area contributed by atoms with E-state index >= 15 is 0 Å². The average Bonchev–Trinajstić information content (AvgIpc) is 2.80. The Labute approximate surface area is 121 Å². The number of hydrogen-bond donors (Lipinski definition) is 3. The number of amides is 1. The SMILES string of the molecule is O=C(NC1CCC(O)CC1)c1ccc2[nH]c(=S)oc2c1. The Hall–Kier alpha value is -1.66. The summed E-state index contributed by atoms with van der Waals surface area (Å²) in [6.45, 7) is 0. The Balaban J connectivity index is 1.73. The second-order valence-corrected chi connectivity index (χ2v) is 5.58. The monoisotopic (exact) mass is 292 g/mol. The zero-order valence-electron chi connectivity index (χ0n) is 10.9. The van der Waals surface area contributed by atoms with Crippen molar-refractivity contribution >= 4 is 29.2 Å². The zero-order chi connectivity index (χ0) is 14.1. The Morgan fingerprint density at radius 3 is 2.85 bits per heavy atom. The van der Waals surface area contributed by atoms with E-state index in [0.717, 1.165) is 31.2 Å². The van der Waals surface area contributed by atoms with Gasteiger partial charge >= 0.3 is 0 Å². The lowest BCUT2D eigenvalue weighted by Gasteiger charge is -2.26. The first kappa shape index (κ1) is 13.3. The fraction of sp³-hybridized carbons (Fsp3) is 0.429. The van der Waals surface area contributed by atoms with Gasteiger partial charge in [0.1, 0.15) is 0 Å². The summed E-state index contributed by atoms with van der Waals surface area (Å²) in [5.74, 6) is -0.115. The highest BCUT2D eigenvalue weighted by molar-refractivity contribution is 7.71. The lowest BCUT2D eigenvalue weighted by atomic mass is 9.93. The quantitative estimate of drug-likeness (QED) is 0.743. The molecule has 1 fully saturated rings. The number of benzene rings is 1. The van der Waals surface area contributed by atoms with Crippen LogP contribution in [0.25, 0.3) is 11.1 Å². The molecule has 0 unspecified atom stereocenters. The van der Waals surface area contributed by atoms with Crippen molar-refractivity contribution in [1.82, 2.24) is 10.3 Å². The molecule has 3 N–H and O–H groups in total. The molecular formula is C14H16N2O3S. The van der Waals surface area contributed by atoms with E-state index in [2.05, 4.69) is 10.3 Å². The van der Waals surface area contributed by atoms with E-state index in [1.165, 1.54) is 0 Å². The van der Waals surface area contributed by atoms with Gasteiger partial charge in [-0.05, 0) is 56.1 Å². The summed E-state index contributed by atoms with van der Waals surface area (Å²) >= 11 is 4.92. The van der Waals surface area contributed by atoms with Gasteiger partial charge in [-0.3, -0.25) is 4.79 Å². The normalized spacial score (nSPS) is 22.9. The molecule has 2 aromatic rings. The molecule has 5 nitrogen and oxygen atoms in total. The van der Waals surface area contributed by atoms with Crippen molar-refractivity contribution in [3.05, 3.63) is 28.6 Å². The van der Waals surface area contributed by atoms with Crippen molar-refractivity contribution in [2.24, 2.45) is 0 Å². The molecule has 0 radical (unpaired) electrons. The minimum absolute atomic E-state index is 0.115. The Kier molecular flexibility index (Phi) is 3.58. The van der Waals surface area contributed by atoms with Crippen LogP contribution in [0.5, 0.6) is 0 Å². The van der Waals surface area contributed by atoms with Crippen LogP contribution in [0.15, 0.2) is 22.6 Å². The van der Waals surface area contributed by atoms with Crippen LogP contribution in [0.2, 0.25) is 0 Å². The molecule has 0 bridgehead atoms. The van der Waals surface area contributed by atoms with Crippen LogP contribution >= 0.6 is 12.2 Å². The average molecular weight is 292 g/mol. The van der Waals surface area contributed by atoms with Gasteiger partial charge in [-0.25, -0.2) is 0 Å². The molecular weight excluding hydrogens is 276 g/mol. The van der Waals surface area contributed by atoms with Crippen molar-refractivity contribution in [1.29, 1.82) is 0 Å². The highest BCUT2D eigenvalue weighted by atomic mass is 32.1. The maximum Gasteiger partial charge on any atom is 0.266 e. The van der Waals surface area contributed by atoms with Gasteiger partial charge in [0.15, 0.2) is 5.58 Å². The van der Waals surface area contributed by atoms with Gasteiger partial charge < -0.3 is 19.8 Å². The van der Waals surface area contributed by atoms with Gasteiger partial charge in [0, 0.05) is 11.6 Å². The third-order valence-corrected chi connectivity index (χ3v) is 3.90. The summed E-state index contributed by atoms with van der Waals surface area (Å²) < 4.78 is 5.31. The molecule has 0 spiro atoms. The largest absolute Gasteiger partial charge is 0.429 e. The maximum atomic E-state index is 12.2. The summed E-state index contributed by atoms with van der Waals surface area (Å²) in [6.07, 6.45) is 2.91. The first-order valence-corrected chi connectivity index (χ1v) is 7.14. The van der Waals surface area contributed by atoms with E-state index < -0.39 is 0 Å². The fourth-order valence-corrected chi connectivity index (χ4v) is 2.78. The predicted molar refractivity (Wildman–Crippen MR) is 77.1 cm³/mol. The minimum Gasteiger partial charge on any atom is -0.429 e. The molecule has 106 valence electrons. The topological polar surface area (TPSA) is 78.3 Å². The van der Waals surface area contributed by atoms with Crippen LogP contribution in [0, 0.1) is 4.84 Å². The molecule has 20 heavy (non-hydrogen) atoms. The van der Waals surface area contributed by atoms with E-state index in [9.17, 15) is 9.90 Å². The van der Waals surface area contributed by atoms with Crippen molar-refractivity contribution in [3.8, 4) is 0 Å². The third-order valence-electron chi connectivity index (χ3n) is 3.72. The second-order valence-electron chi connectivity index (χ2n) is 5.20. The smallest absolute Gasteiger partial charge is 0.266 e. The number of H-pyrrole nitrogens is 1. The maximum absolute atomic E-state index is 12.2. The van der Waals surface area contributed by atoms with Crippen molar-refractivity contribution in [2.45, 2.75) is 37.8 Å². The summed E-state index contributed by atoms with van der Waals surface area (Å²) in [5, 5.41) is 12.5. The lowest BCUT2D eigenvalue weighted by molar-refractivity contribution is 0.0867. The molecule has 3 rings (SSSR count). The number of carbonyl (C=O) groups excluding carboxylic acids is 1. The fourth-order valence-electron chi connectivity index (χ4n) is 2.58. The summed E-state index contributed by atoms with van der Waals surface area (Å²) in [7, 11) is 0. The van der Waals surface area contributed by atoms with E-state index in [4.69, 9.17) is 16.6 Å². The Morgan fingerprint density at radius 2 is 2.10 bits per heavy atom.